The van der Waals surface area contributed by atoms with E-state index in [0.717, 1.165) is 30.5 Å². The van der Waals surface area contributed by atoms with Gasteiger partial charge < -0.3 is 10.2 Å². The molecule has 5 heteroatoms. The standard InChI is InChI=1S/C16H28N4S/c1-7-12-9-18-13(21-12)10-19-14(17-8-2)20-11-15(3,4)16(20,5)6/h9H,7-8,10-11H2,1-6H3,(H,17,19). The van der Waals surface area contributed by atoms with Gasteiger partial charge in [-0.05, 0) is 27.2 Å². The third-order valence-corrected chi connectivity index (χ3v) is 5.92. The second-order valence-corrected chi connectivity index (χ2v) is 7.97. The van der Waals surface area contributed by atoms with Gasteiger partial charge in [0, 0.05) is 35.1 Å². The predicted molar refractivity (Wildman–Crippen MR) is 90.9 cm³/mol. The first-order valence-corrected chi connectivity index (χ1v) is 8.63. The minimum Gasteiger partial charge on any atom is -0.356 e. The molecule has 118 valence electrons. The number of nitrogens with one attached hydrogen (secondary N) is 1. The van der Waals surface area contributed by atoms with Crippen LogP contribution >= 0.6 is 11.3 Å². The van der Waals surface area contributed by atoms with Crippen LogP contribution in [0.1, 0.15) is 51.4 Å². The number of hydrogen-bond donors (Lipinski definition) is 1. The molecular weight excluding hydrogens is 280 g/mol. The number of nitrogens with zero attached hydrogens (tertiary/aromatic N) is 3. The average molecular weight is 308 g/mol. The lowest BCUT2D eigenvalue weighted by Crippen LogP contribution is -2.72. The number of thiazole rings is 1. The Morgan fingerprint density at radius 3 is 2.57 bits per heavy atom. The Morgan fingerprint density at radius 2 is 2.10 bits per heavy atom. The molecule has 0 spiro atoms. The van der Waals surface area contributed by atoms with E-state index in [1.54, 1.807) is 11.3 Å². The number of guanidine groups is 1. The van der Waals surface area contributed by atoms with Crippen LogP contribution in [0.2, 0.25) is 0 Å². The zero-order valence-electron chi connectivity index (χ0n) is 14.2. The van der Waals surface area contributed by atoms with Crippen molar-refractivity contribution in [2.75, 3.05) is 13.1 Å². The van der Waals surface area contributed by atoms with Crippen molar-refractivity contribution < 1.29 is 0 Å². The first kappa shape index (κ1) is 16.3. The summed E-state index contributed by atoms with van der Waals surface area (Å²) in [5, 5.41) is 4.52. The fourth-order valence-corrected chi connectivity index (χ4v) is 3.31. The van der Waals surface area contributed by atoms with E-state index in [9.17, 15) is 0 Å². The molecule has 0 saturated carbocycles. The molecule has 1 aliphatic rings. The number of rotatable bonds is 4. The molecular formula is C16H28N4S. The highest BCUT2D eigenvalue weighted by molar-refractivity contribution is 7.11. The summed E-state index contributed by atoms with van der Waals surface area (Å²) < 4.78 is 0. The minimum atomic E-state index is 0.130. The van der Waals surface area contributed by atoms with Crippen LogP contribution in [-0.2, 0) is 13.0 Å². The number of aryl methyl sites for hydroxylation is 1. The van der Waals surface area contributed by atoms with E-state index in [4.69, 9.17) is 4.99 Å². The number of hydrogen-bond acceptors (Lipinski definition) is 3. The van der Waals surface area contributed by atoms with Crippen LogP contribution in [-0.4, -0.2) is 34.5 Å². The molecule has 0 aromatic carbocycles. The van der Waals surface area contributed by atoms with Gasteiger partial charge in [0.15, 0.2) is 5.96 Å². The molecule has 2 heterocycles. The largest absolute Gasteiger partial charge is 0.356 e. The lowest BCUT2D eigenvalue weighted by molar-refractivity contribution is -0.0667. The lowest BCUT2D eigenvalue weighted by Gasteiger charge is -2.62. The van der Waals surface area contributed by atoms with Gasteiger partial charge in [0.2, 0.25) is 0 Å². The third-order valence-electron chi connectivity index (χ3n) is 4.79. The van der Waals surface area contributed by atoms with Crippen molar-refractivity contribution in [3.63, 3.8) is 0 Å². The molecule has 0 unspecified atom stereocenters. The van der Waals surface area contributed by atoms with Crippen LogP contribution in [0.5, 0.6) is 0 Å². The van der Waals surface area contributed by atoms with Gasteiger partial charge in [0.05, 0.1) is 6.54 Å². The first-order valence-electron chi connectivity index (χ1n) is 7.81. The smallest absolute Gasteiger partial charge is 0.194 e. The van der Waals surface area contributed by atoms with Crippen LogP contribution in [0.4, 0.5) is 0 Å². The lowest BCUT2D eigenvalue weighted by atomic mass is 9.65. The van der Waals surface area contributed by atoms with Gasteiger partial charge in [0.1, 0.15) is 5.01 Å². The molecule has 0 bridgehead atoms. The zero-order chi connectivity index (χ0) is 15.7. The molecule has 1 aliphatic heterocycles. The number of likely N-dealkylation sites (tertiary alicyclic amines) is 1. The summed E-state index contributed by atoms with van der Waals surface area (Å²) in [6.45, 7) is 16.1. The highest BCUT2D eigenvalue weighted by atomic mass is 32.1. The molecule has 1 fully saturated rings. The van der Waals surface area contributed by atoms with Gasteiger partial charge in [-0.15, -0.1) is 11.3 Å². The molecule has 1 aromatic rings. The monoisotopic (exact) mass is 308 g/mol. The van der Waals surface area contributed by atoms with Crippen LogP contribution in [0.15, 0.2) is 11.2 Å². The minimum absolute atomic E-state index is 0.130. The van der Waals surface area contributed by atoms with Crippen LogP contribution in [0.3, 0.4) is 0 Å². The Labute approximate surface area is 132 Å². The van der Waals surface area contributed by atoms with Gasteiger partial charge in [-0.3, -0.25) is 0 Å². The van der Waals surface area contributed by atoms with E-state index in [1.165, 1.54) is 4.88 Å². The summed E-state index contributed by atoms with van der Waals surface area (Å²) in [6.07, 6.45) is 3.02. The number of aromatic nitrogens is 1. The first-order chi connectivity index (χ1) is 9.81. The summed E-state index contributed by atoms with van der Waals surface area (Å²) in [5.41, 5.74) is 0.450. The number of aliphatic imine (C=N–C) groups is 1. The Morgan fingerprint density at radius 1 is 1.38 bits per heavy atom. The molecule has 0 atom stereocenters. The van der Waals surface area contributed by atoms with Crippen LogP contribution in [0.25, 0.3) is 0 Å². The fourth-order valence-electron chi connectivity index (χ4n) is 2.52. The molecule has 4 nitrogen and oxygen atoms in total. The van der Waals surface area contributed by atoms with Gasteiger partial charge in [-0.1, -0.05) is 20.8 Å². The van der Waals surface area contributed by atoms with Crippen molar-refractivity contribution in [1.82, 2.24) is 15.2 Å². The summed E-state index contributed by atoms with van der Waals surface area (Å²) in [7, 11) is 0. The second kappa shape index (κ2) is 5.95. The summed E-state index contributed by atoms with van der Waals surface area (Å²) >= 11 is 1.77. The third kappa shape index (κ3) is 3.07. The van der Waals surface area contributed by atoms with Crippen molar-refractivity contribution in [3.05, 3.63) is 16.1 Å². The van der Waals surface area contributed by atoms with Gasteiger partial charge in [-0.25, -0.2) is 9.98 Å². The van der Waals surface area contributed by atoms with E-state index in [1.807, 2.05) is 6.20 Å². The highest BCUT2D eigenvalue weighted by Crippen LogP contribution is 2.46. The van der Waals surface area contributed by atoms with Crippen LogP contribution < -0.4 is 5.32 Å². The maximum absolute atomic E-state index is 4.79. The van der Waals surface area contributed by atoms with Crippen molar-refractivity contribution in [2.24, 2.45) is 10.4 Å². The van der Waals surface area contributed by atoms with Gasteiger partial charge in [-0.2, -0.15) is 0 Å². The Kier molecular flexibility index (Phi) is 4.61. The summed E-state index contributed by atoms with van der Waals surface area (Å²) in [4.78, 5) is 13.0. The predicted octanol–water partition coefficient (Wildman–Crippen LogP) is 3.29. The SMILES string of the molecule is CCNC(=NCc1ncc(CC)s1)N1CC(C)(C)C1(C)C. The van der Waals surface area contributed by atoms with Gasteiger partial charge in [0.25, 0.3) is 0 Å². The van der Waals surface area contributed by atoms with Crippen molar-refractivity contribution in [2.45, 2.75) is 60.0 Å². The quantitative estimate of drug-likeness (QED) is 0.685. The van der Waals surface area contributed by atoms with Crippen LogP contribution in [0, 0.1) is 5.41 Å². The van der Waals surface area contributed by atoms with Crippen molar-refractivity contribution >= 4 is 17.3 Å². The molecule has 0 amide bonds. The Balaban J connectivity index is 2.10. The van der Waals surface area contributed by atoms with E-state index in [2.05, 4.69) is 56.7 Å². The van der Waals surface area contributed by atoms with E-state index in [0.29, 0.717) is 12.0 Å². The summed E-state index contributed by atoms with van der Waals surface area (Å²) in [5.74, 6) is 1.01. The maximum Gasteiger partial charge on any atom is 0.194 e. The van der Waals surface area contributed by atoms with E-state index >= 15 is 0 Å². The zero-order valence-corrected chi connectivity index (χ0v) is 15.0. The molecule has 1 N–H and O–H groups in total. The molecule has 21 heavy (non-hydrogen) atoms. The second-order valence-electron chi connectivity index (χ2n) is 6.77. The topological polar surface area (TPSA) is 40.5 Å². The average Bonchev–Trinajstić information content (AvgIpc) is 2.89. The molecule has 0 radical (unpaired) electrons. The molecule has 1 saturated heterocycles. The molecule has 2 rings (SSSR count). The molecule has 0 aliphatic carbocycles. The normalized spacial score (nSPS) is 20.3. The highest BCUT2D eigenvalue weighted by Gasteiger charge is 2.53. The van der Waals surface area contributed by atoms with Gasteiger partial charge >= 0.3 is 0 Å². The Bertz CT molecular complexity index is 516. The Hall–Kier alpha value is -1.10. The van der Waals surface area contributed by atoms with Crippen molar-refractivity contribution in [3.8, 4) is 0 Å². The van der Waals surface area contributed by atoms with E-state index < -0.39 is 0 Å². The summed E-state index contributed by atoms with van der Waals surface area (Å²) in [6, 6.07) is 0. The van der Waals surface area contributed by atoms with Crippen molar-refractivity contribution in [1.29, 1.82) is 0 Å². The molecule has 1 aromatic heterocycles. The fraction of sp³-hybridized carbons (Fsp3) is 0.750. The van der Waals surface area contributed by atoms with E-state index in [-0.39, 0.29) is 5.54 Å². The maximum atomic E-state index is 4.79.